The molecule has 2 rings (SSSR count). The van der Waals surface area contributed by atoms with E-state index in [1.54, 1.807) is 0 Å². The molecule has 1 aromatic rings. The van der Waals surface area contributed by atoms with Gasteiger partial charge < -0.3 is 4.90 Å². The molecule has 0 spiro atoms. The van der Waals surface area contributed by atoms with Crippen molar-refractivity contribution in [1.82, 2.24) is 9.97 Å². The Morgan fingerprint density at radius 2 is 2.17 bits per heavy atom. The third kappa shape index (κ3) is 3.01. The molecule has 1 fully saturated rings. The van der Waals surface area contributed by atoms with Crippen LogP contribution in [0.1, 0.15) is 6.42 Å². The summed E-state index contributed by atoms with van der Waals surface area (Å²) >= 11 is 6.03. The lowest BCUT2D eigenvalue weighted by molar-refractivity contribution is 0.597. The second-order valence-corrected chi connectivity index (χ2v) is 6.71. The molecule has 1 saturated heterocycles. The average molecular weight is 292 g/mol. The fraction of sp³-hybridized carbons (Fsp3) is 0.556. The van der Waals surface area contributed by atoms with Crippen LogP contribution in [0.25, 0.3) is 0 Å². The third-order valence-corrected chi connectivity index (χ3v) is 4.69. The predicted octanol–water partition coefficient (Wildman–Crippen LogP) is 0.0405. The molecule has 7 nitrogen and oxygen atoms in total. The quantitative estimate of drug-likeness (QED) is 0.586. The minimum atomic E-state index is -2.96. The number of aromatic nitrogens is 2. The number of hydrogen-bond acceptors (Lipinski definition) is 7. The van der Waals surface area contributed by atoms with E-state index < -0.39 is 9.84 Å². The van der Waals surface area contributed by atoms with Crippen LogP contribution in [-0.4, -0.2) is 43.0 Å². The molecule has 9 heteroatoms. The molecule has 0 bridgehead atoms. The molecular weight excluding hydrogens is 278 g/mol. The van der Waals surface area contributed by atoms with E-state index in [1.807, 2.05) is 4.90 Å². The van der Waals surface area contributed by atoms with Crippen LogP contribution in [0.5, 0.6) is 0 Å². The largest absolute Gasteiger partial charge is 0.354 e. The zero-order valence-corrected chi connectivity index (χ0v) is 11.2. The van der Waals surface area contributed by atoms with Crippen LogP contribution >= 0.6 is 11.6 Å². The summed E-state index contributed by atoms with van der Waals surface area (Å²) in [6.45, 7) is 0.975. The smallest absolute Gasteiger partial charge is 0.239 e. The number of nitrogens with two attached hydrogens (primary N) is 1. The molecule has 0 saturated carbocycles. The molecule has 0 amide bonds. The van der Waals surface area contributed by atoms with Crippen LogP contribution < -0.4 is 16.2 Å². The number of nitrogens with one attached hydrogen (secondary N) is 1. The Hall–Kier alpha value is -1.12. The monoisotopic (exact) mass is 291 g/mol. The number of hydrazine groups is 1. The van der Waals surface area contributed by atoms with E-state index in [1.165, 1.54) is 6.20 Å². The molecule has 18 heavy (non-hydrogen) atoms. The van der Waals surface area contributed by atoms with Crippen molar-refractivity contribution in [2.75, 3.05) is 34.9 Å². The Balaban J connectivity index is 2.25. The highest BCUT2D eigenvalue weighted by Gasteiger charge is 2.21. The molecule has 1 aromatic heterocycles. The molecule has 3 N–H and O–H groups in total. The summed E-state index contributed by atoms with van der Waals surface area (Å²) in [7, 11) is -2.96. The molecular formula is C9H14ClN5O2S. The number of halogens is 1. The van der Waals surface area contributed by atoms with Gasteiger partial charge in [0, 0.05) is 13.1 Å². The van der Waals surface area contributed by atoms with Crippen molar-refractivity contribution >= 4 is 33.2 Å². The van der Waals surface area contributed by atoms with Crippen molar-refractivity contribution in [2.24, 2.45) is 5.84 Å². The van der Waals surface area contributed by atoms with Crippen molar-refractivity contribution in [2.45, 2.75) is 6.42 Å². The summed E-state index contributed by atoms with van der Waals surface area (Å²) in [5, 5.41) is 0.383. The number of hydrogen-bond donors (Lipinski definition) is 2. The highest BCUT2D eigenvalue weighted by molar-refractivity contribution is 7.91. The molecule has 0 aliphatic carbocycles. The summed E-state index contributed by atoms with van der Waals surface area (Å²) in [4.78, 5) is 9.88. The number of anilines is 2. The topological polar surface area (TPSA) is 101 Å². The Bertz CT molecular complexity index is 536. The molecule has 100 valence electrons. The average Bonchev–Trinajstić information content (AvgIpc) is 2.51. The molecule has 0 aromatic carbocycles. The Kier molecular flexibility index (Phi) is 3.88. The van der Waals surface area contributed by atoms with E-state index >= 15 is 0 Å². The van der Waals surface area contributed by atoms with Gasteiger partial charge in [0.1, 0.15) is 5.02 Å². The van der Waals surface area contributed by atoms with E-state index in [9.17, 15) is 8.42 Å². The van der Waals surface area contributed by atoms with Gasteiger partial charge in [-0.25, -0.2) is 19.2 Å². The Morgan fingerprint density at radius 3 is 2.89 bits per heavy atom. The van der Waals surface area contributed by atoms with Gasteiger partial charge >= 0.3 is 0 Å². The number of nitrogens with zero attached hydrogens (tertiary/aromatic N) is 3. The lowest BCUT2D eigenvalue weighted by Gasteiger charge is -2.21. The van der Waals surface area contributed by atoms with Crippen molar-refractivity contribution in [3.63, 3.8) is 0 Å². The van der Waals surface area contributed by atoms with Crippen molar-refractivity contribution in [3.8, 4) is 0 Å². The van der Waals surface area contributed by atoms with Gasteiger partial charge in [-0.3, -0.25) is 5.43 Å². The van der Waals surface area contributed by atoms with Gasteiger partial charge in [0.25, 0.3) is 0 Å². The standard InChI is InChI=1S/C9H14ClN5O2S/c10-7-6-12-9(14-11)13-8(7)15-2-1-4-18(16,17)5-3-15/h6H,1-5,11H2,(H,12,13,14). The van der Waals surface area contributed by atoms with Gasteiger partial charge in [-0.05, 0) is 6.42 Å². The zero-order chi connectivity index (χ0) is 13.2. The summed E-state index contributed by atoms with van der Waals surface area (Å²) < 4.78 is 23.1. The third-order valence-electron chi connectivity index (χ3n) is 2.71. The first-order valence-corrected chi connectivity index (χ1v) is 7.66. The molecule has 0 radical (unpaired) electrons. The maximum Gasteiger partial charge on any atom is 0.239 e. The molecule has 1 aliphatic rings. The summed E-state index contributed by atoms with van der Waals surface area (Å²) in [6, 6.07) is 0. The first-order valence-electron chi connectivity index (χ1n) is 5.46. The van der Waals surface area contributed by atoms with Crippen molar-refractivity contribution in [1.29, 1.82) is 0 Å². The van der Waals surface area contributed by atoms with E-state index in [2.05, 4.69) is 15.4 Å². The van der Waals surface area contributed by atoms with Crippen LogP contribution in [0.4, 0.5) is 11.8 Å². The predicted molar refractivity (Wildman–Crippen MR) is 70.3 cm³/mol. The number of nitrogen functional groups attached to an aromatic ring is 1. The van der Waals surface area contributed by atoms with Crippen molar-refractivity contribution in [3.05, 3.63) is 11.2 Å². The maximum absolute atomic E-state index is 11.5. The molecule has 2 heterocycles. The minimum Gasteiger partial charge on any atom is -0.354 e. The van der Waals surface area contributed by atoms with Gasteiger partial charge in [0.05, 0.1) is 17.7 Å². The van der Waals surface area contributed by atoms with E-state index in [0.29, 0.717) is 30.4 Å². The van der Waals surface area contributed by atoms with Crippen LogP contribution in [0, 0.1) is 0 Å². The van der Waals surface area contributed by atoms with Crippen LogP contribution in [0.15, 0.2) is 6.20 Å². The minimum absolute atomic E-state index is 0.110. The maximum atomic E-state index is 11.5. The van der Waals surface area contributed by atoms with Crippen molar-refractivity contribution < 1.29 is 8.42 Å². The molecule has 1 aliphatic heterocycles. The normalized spacial score (nSPS) is 19.3. The number of sulfone groups is 1. The summed E-state index contributed by atoms with van der Waals surface area (Å²) in [6.07, 6.45) is 2.01. The van der Waals surface area contributed by atoms with Gasteiger partial charge in [0.15, 0.2) is 15.7 Å². The second kappa shape index (κ2) is 5.25. The lowest BCUT2D eigenvalue weighted by atomic mass is 10.4. The summed E-state index contributed by atoms with van der Waals surface area (Å²) in [5.74, 6) is 6.31. The Labute approximate surface area is 110 Å². The van der Waals surface area contributed by atoms with Crippen LogP contribution in [-0.2, 0) is 9.84 Å². The zero-order valence-electron chi connectivity index (χ0n) is 9.63. The highest BCUT2D eigenvalue weighted by Crippen LogP contribution is 2.24. The van der Waals surface area contributed by atoms with Gasteiger partial charge in [-0.15, -0.1) is 0 Å². The van der Waals surface area contributed by atoms with Gasteiger partial charge in [-0.2, -0.15) is 4.98 Å². The fourth-order valence-electron chi connectivity index (χ4n) is 1.80. The Morgan fingerprint density at radius 1 is 1.39 bits per heavy atom. The molecule has 0 atom stereocenters. The van der Waals surface area contributed by atoms with Crippen LogP contribution in [0.2, 0.25) is 5.02 Å². The molecule has 0 unspecified atom stereocenters. The second-order valence-electron chi connectivity index (χ2n) is 4.00. The number of rotatable bonds is 2. The van der Waals surface area contributed by atoms with E-state index in [-0.39, 0.29) is 17.5 Å². The fourth-order valence-corrected chi connectivity index (χ4v) is 3.28. The van der Waals surface area contributed by atoms with Crippen LogP contribution in [0.3, 0.4) is 0 Å². The van der Waals surface area contributed by atoms with Gasteiger partial charge in [0.2, 0.25) is 5.95 Å². The highest BCUT2D eigenvalue weighted by atomic mass is 35.5. The van der Waals surface area contributed by atoms with E-state index in [4.69, 9.17) is 17.4 Å². The SMILES string of the molecule is NNc1ncc(Cl)c(N2CCCS(=O)(=O)CC2)n1. The van der Waals surface area contributed by atoms with E-state index in [0.717, 1.165) is 0 Å². The van der Waals surface area contributed by atoms with Gasteiger partial charge in [-0.1, -0.05) is 11.6 Å². The first-order chi connectivity index (χ1) is 8.52. The summed E-state index contributed by atoms with van der Waals surface area (Å²) in [5.41, 5.74) is 2.34. The first kappa shape index (κ1) is 13.3. The lowest BCUT2D eigenvalue weighted by Crippen LogP contribution is -2.28.